The van der Waals surface area contributed by atoms with E-state index in [4.69, 9.17) is 32.0 Å². The van der Waals surface area contributed by atoms with Gasteiger partial charge in [0.05, 0.1) is 34.5 Å². The molecule has 1 N–H and O–H groups in total. The van der Waals surface area contributed by atoms with Crippen LogP contribution in [-0.4, -0.2) is 21.7 Å². The summed E-state index contributed by atoms with van der Waals surface area (Å²) in [6.45, 7) is 0.0394. The number of carbonyl (C=O) groups excluding carboxylic acids is 2. The second-order valence-electron chi connectivity index (χ2n) is 7.33. The first-order valence-corrected chi connectivity index (χ1v) is 10.4. The minimum atomic E-state index is -0.914. The van der Waals surface area contributed by atoms with E-state index < -0.39 is 23.5 Å². The van der Waals surface area contributed by atoms with Crippen molar-refractivity contribution in [1.82, 2.24) is 4.90 Å². The average Bonchev–Trinajstić information content (AvgIpc) is 3.51. The summed E-state index contributed by atoms with van der Waals surface area (Å²) in [6, 6.07) is 16.0. The first-order valence-electron chi connectivity index (χ1n) is 9.68. The van der Waals surface area contributed by atoms with Crippen molar-refractivity contribution in [3.05, 3.63) is 105 Å². The number of aliphatic hydroxyl groups excluding tert-OH is 1. The number of carbonyl (C=O) groups is 2. The molecule has 3 heterocycles. The Morgan fingerprint density at radius 1 is 1.03 bits per heavy atom. The molecule has 0 radical (unpaired) electrons. The zero-order valence-electron chi connectivity index (χ0n) is 16.4. The molecule has 1 unspecified atom stereocenters. The van der Waals surface area contributed by atoms with Crippen LogP contribution in [0.3, 0.4) is 0 Å². The standard InChI is InChI=1S/C24H15Cl2NO5/c25-16-8-7-14(10-17(16)26)21-20(22(28)19-11-13-4-1-2-6-18(13)32-19)23(29)24(30)27(21)12-15-5-3-9-31-15/h1-11,21,29H,12H2. The van der Waals surface area contributed by atoms with E-state index in [2.05, 4.69) is 0 Å². The third-order valence-corrected chi connectivity index (χ3v) is 6.10. The quantitative estimate of drug-likeness (QED) is 0.357. The first kappa shape index (κ1) is 20.4. The van der Waals surface area contributed by atoms with Crippen LogP contribution in [0.4, 0.5) is 0 Å². The van der Waals surface area contributed by atoms with Crippen LogP contribution in [0.5, 0.6) is 0 Å². The number of ketones is 1. The van der Waals surface area contributed by atoms with Crippen LogP contribution in [0.15, 0.2) is 87.1 Å². The molecular formula is C24H15Cl2NO5. The number of benzene rings is 2. The van der Waals surface area contributed by atoms with Crippen molar-refractivity contribution in [2.45, 2.75) is 12.6 Å². The SMILES string of the molecule is O=C(C1=C(O)C(=O)N(Cc2ccco2)C1c1ccc(Cl)c(Cl)c1)c1cc2ccccc2o1. The van der Waals surface area contributed by atoms with Crippen LogP contribution in [0.1, 0.15) is 27.9 Å². The molecule has 1 amide bonds. The number of Topliss-reactive ketones (excluding diaryl/α,β-unsaturated/α-hetero) is 1. The third-order valence-electron chi connectivity index (χ3n) is 5.36. The van der Waals surface area contributed by atoms with Gasteiger partial charge in [-0.05, 0) is 42.0 Å². The van der Waals surface area contributed by atoms with Gasteiger partial charge < -0.3 is 18.8 Å². The average molecular weight is 468 g/mol. The first-order chi connectivity index (χ1) is 15.4. The topological polar surface area (TPSA) is 83.9 Å². The van der Waals surface area contributed by atoms with Gasteiger partial charge in [0.2, 0.25) is 5.78 Å². The Morgan fingerprint density at radius 3 is 2.56 bits per heavy atom. The molecule has 8 heteroatoms. The van der Waals surface area contributed by atoms with Crippen molar-refractivity contribution in [2.75, 3.05) is 0 Å². The molecule has 160 valence electrons. The molecule has 4 aromatic rings. The number of para-hydroxylation sites is 1. The number of rotatable bonds is 5. The minimum absolute atomic E-state index is 0.0189. The van der Waals surface area contributed by atoms with Gasteiger partial charge in [0.25, 0.3) is 5.91 Å². The van der Waals surface area contributed by atoms with Gasteiger partial charge in [0, 0.05) is 5.39 Å². The van der Waals surface area contributed by atoms with E-state index in [0.717, 1.165) is 5.39 Å². The maximum Gasteiger partial charge on any atom is 0.290 e. The highest BCUT2D eigenvalue weighted by Crippen LogP contribution is 2.41. The predicted molar refractivity (Wildman–Crippen MR) is 119 cm³/mol. The fourth-order valence-electron chi connectivity index (χ4n) is 3.87. The zero-order chi connectivity index (χ0) is 22.4. The van der Waals surface area contributed by atoms with E-state index in [0.29, 0.717) is 21.9 Å². The summed E-state index contributed by atoms with van der Waals surface area (Å²) in [4.78, 5) is 27.9. The number of fused-ring (bicyclic) bond motifs is 1. The summed E-state index contributed by atoms with van der Waals surface area (Å²) < 4.78 is 11.1. The Hall–Kier alpha value is -3.48. The van der Waals surface area contributed by atoms with E-state index in [1.54, 1.807) is 48.5 Å². The molecule has 1 aliphatic heterocycles. The molecule has 2 aromatic heterocycles. The van der Waals surface area contributed by atoms with Crippen LogP contribution in [0.2, 0.25) is 10.0 Å². The van der Waals surface area contributed by atoms with E-state index in [9.17, 15) is 14.7 Å². The lowest BCUT2D eigenvalue weighted by Gasteiger charge is -2.26. The monoisotopic (exact) mass is 467 g/mol. The van der Waals surface area contributed by atoms with Crippen LogP contribution in [0.25, 0.3) is 11.0 Å². The summed E-state index contributed by atoms with van der Waals surface area (Å²) >= 11 is 12.3. The normalized spacial score (nSPS) is 16.4. The highest BCUT2D eigenvalue weighted by atomic mass is 35.5. The largest absolute Gasteiger partial charge is 0.503 e. The molecule has 2 aromatic carbocycles. The Kier molecular flexibility index (Phi) is 5.04. The molecule has 0 aliphatic carbocycles. The van der Waals surface area contributed by atoms with E-state index in [1.807, 2.05) is 12.1 Å². The van der Waals surface area contributed by atoms with Crippen molar-refractivity contribution in [3.63, 3.8) is 0 Å². The summed E-state index contributed by atoms with van der Waals surface area (Å²) in [5.74, 6) is -1.42. The molecule has 1 atom stereocenters. The number of furan rings is 2. The van der Waals surface area contributed by atoms with E-state index in [-0.39, 0.29) is 22.9 Å². The van der Waals surface area contributed by atoms with Gasteiger partial charge in [-0.3, -0.25) is 9.59 Å². The number of aliphatic hydroxyl groups is 1. The smallest absolute Gasteiger partial charge is 0.290 e. The molecule has 1 aliphatic rings. The predicted octanol–water partition coefficient (Wildman–Crippen LogP) is 6.11. The van der Waals surface area contributed by atoms with Crippen molar-refractivity contribution in [3.8, 4) is 0 Å². The minimum Gasteiger partial charge on any atom is -0.503 e. The summed E-state index contributed by atoms with van der Waals surface area (Å²) in [5, 5.41) is 12.1. The Morgan fingerprint density at radius 2 is 1.84 bits per heavy atom. The van der Waals surface area contributed by atoms with Gasteiger partial charge in [-0.2, -0.15) is 0 Å². The van der Waals surface area contributed by atoms with Crippen molar-refractivity contribution in [1.29, 1.82) is 0 Å². The van der Waals surface area contributed by atoms with Crippen LogP contribution in [-0.2, 0) is 11.3 Å². The highest BCUT2D eigenvalue weighted by Gasteiger charge is 2.45. The molecule has 32 heavy (non-hydrogen) atoms. The Bertz CT molecular complexity index is 1350. The second kappa shape index (κ2) is 7.89. The van der Waals surface area contributed by atoms with E-state index in [1.165, 1.54) is 11.2 Å². The second-order valence-corrected chi connectivity index (χ2v) is 8.14. The fraction of sp³-hybridized carbons (Fsp3) is 0.0833. The fourth-order valence-corrected chi connectivity index (χ4v) is 4.18. The van der Waals surface area contributed by atoms with Gasteiger partial charge in [0.1, 0.15) is 11.3 Å². The lowest BCUT2D eigenvalue weighted by molar-refractivity contribution is -0.130. The maximum atomic E-state index is 13.5. The summed E-state index contributed by atoms with van der Waals surface area (Å²) in [7, 11) is 0. The zero-order valence-corrected chi connectivity index (χ0v) is 17.9. The maximum absolute atomic E-state index is 13.5. The van der Waals surface area contributed by atoms with Gasteiger partial charge in [-0.1, -0.05) is 47.5 Å². The van der Waals surface area contributed by atoms with Crippen molar-refractivity contribution < 1.29 is 23.5 Å². The van der Waals surface area contributed by atoms with Gasteiger partial charge in [-0.25, -0.2) is 0 Å². The Labute approximate surface area is 192 Å². The number of hydrogen-bond donors (Lipinski definition) is 1. The molecule has 5 rings (SSSR count). The molecule has 0 fully saturated rings. The van der Waals surface area contributed by atoms with Crippen LogP contribution < -0.4 is 0 Å². The van der Waals surface area contributed by atoms with Crippen molar-refractivity contribution in [2.24, 2.45) is 0 Å². The third kappa shape index (κ3) is 3.38. The number of hydrogen-bond acceptors (Lipinski definition) is 5. The lowest BCUT2D eigenvalue weighted by Crippen LogP contribution is -2.30. The Balaban J connectivity index is 1.62. The van der Waals surface area contributed by atoms with Gasteiger partial charge in [0.15, 0.2) is 11.5 Å². The van der Waals surface area contributed by atoms with Crippen LogP contribution >= 0.6 is 23.2 Å². The van der Waals surface area contributed by atoms with Gasteiger partial charge >= 0.3 is 0 Å². The van der Waals surface area contributed by atoms with Gasteiger partial charge in [-0.15, -0.1) is 0 Å². The van der Waals surface area contributed by atoms with Crippen molar-refractivity contribution >= 4 is 45.9 Å². The molecule has 0 saturated heterocycles. The van der Waals surface area contributed by atoms with Crippen LogP contribution in [0, 0.1) is 0 Å². The highest BCUT2D eigenvalue weighted by molar-refractivity contribution is 6.42. The lowest BCUT2D eigenvalue weighted by atomic mass is 9.95. The molecule has 6 nitrogen and oxygen atoms in total. The number of amides is 1. The summed E-state index contributed by atoms with van der Waals surface area (Å²) in [6.07, 6.45) is 1.48. The molecular weight excluding hydrogens is 453 g/mol. The number of halogens is 2. The van der Waals surface area contributed by atoms with E-state index >= 15 is 0 Å². The molecule has 0 spiro atoms. The summed E-state index contributed by atoms with van der Waals surface area (Å²) in [5.41, 5.74) is 0.945. The molecule has 0 bridgehead atoms. The number of nitrogens with zero attached hydrogens (tertiary/aromatic N) is 1. The molecule has 0 saturated carbocycles.